The summed E-state index contributed by atoms with van der Waals surface area (Å²) < 4.78 is 11.9. The summed E-state index contributed by atoms with van der Waals surface area (Å²) in [6.07, 6.45) is 33.5. The minimum Gasteiger partial charge on any atom is -0.462 e. The summed E-state index contributed by atoms with van der Waals surface area (Å²) >= 11 is 0. The minimum atomic E-state index is -0.318. The first-order valence-electron chi connectivity index (χ1n) is 19.9. The zero-order valence-corrected chi connectivity index (χ0v) is 31.2. The molecule has 0 N–H and O–H groups in total. The van der Waals surface area contributed by atoms with Crippen molar-refractivity contribution in [1.29, 1.82) is 0 Å². The van der Waals surface area contributed by atoms with E-state index in [4.69, 9.17) is 9.47 Å². The molecule has 0 spiro atoms. The molecule has 1 unspecified atom stereocenters. The molecule has 0 aliphatic heterocycles. The van der Waals surface area contributed by atoms with Crippen molar-refractivity contribution in [3.8, 4) is 0 Å². The van der Waals surface area contributed by atoms with E-state index >= 15 is 0 Å². The van der Waals surface area contributed by atoms with Crippen LogP contribution in [-0.2, 0) is 19.1 Å². The van der Waals surface area contributed by atoms with E-state index in [9.17, 15) is 9.59 Å². The number of ether oxygens (including phenoxy) is 2. The molecule has 0 rings (SSSR count). The Bertz CT molecular complexity index is 624. The van der Waals surface area contributed by atoms with Gasteiger partial charge in [0.1, 0.15) is 12.7 Å². The summed E-state index contributed by atoms with van der Waals surface area (Å²) in [5.41, 5.74) is 0. The van der Waals surface area contributed by atoms with E-state index in [-0.39, 0.29) is 30.6 Å². The lowest BCUT2D eigenvalue weighted by Gasteiger charge is -2.21. The normalized spacial score (nSPS) is 12.2. The standard InChI is InChI=1S/C40H79NO4/c1-6-9-12-15-16-17-18-19-20-21-24-28-33-38(45-39(42)34-29-25-30-35-41(4)5)36-44-40(43)37(31-26-22-13-10-7-2)32-27-23-14-11-8-3/h37-38H,6-36H2,1-5H3. The topological polar surface area (TPSA) is 55.8 Å². The monoisotopic (exact) mass is 638 g/mol. The van der Waals surface area contributed by atoms with Crippen LogP contribution in [0.3, 0.4) is 0 Å². The fourth-order valence-corrected chi connectivity index (χ4v) is 6.17. The van der Waals surface area contributed by atoms with Crippen LogP contribution in [0.15, 0.2) is 0 Å². The zero-order valence-electron chi connectivity index (χ0n) is 31.2. The molecule has 5 heteroatoms. The molecule has 0 amide bonds. The zero-order chi connectivity index (χ0) is 33.2. The van der Waals surface area contributed by atoms with E-state index in [1.54, 1.807) is 0 Å². The molecule has 0 heterocycles. The van der Waals surface area contributed by atoms with Crippen LogP contribution >= 0.6 is 0 Å². The van der Waals surface area contributed by atoms with Crippen molar-refractivity contribution in [2.75, 3.05) is 27.2 Å². The third-order valence-corrected chi connectivity index (χ3v) is 9.22. The number of rotatable bonds is 35. The molecule has 0 aromatic heterocycles. The smallest absolute Gasteiger partial charge is 0.309 e. The van der Waals surface area contributed by atoms with Gasteiger partial charge in [-0.25, -0.2) is 0 Å². The number of unbranched alkanes of at least 4 members (excludes halogenated alkanes) is 21. The average molecular weight is 638 g/mol. The predicted molar refractivity (Wildman–Crippen MR) is 194 cm³/mol. The quantitative estimate of drug-likeness (QED) is 0.0511. The fourth-order valence-electron chi connectivity index (χ4n) is 6.17. The highest BCUT2D eigenvalue weighted by atomic mass is 16.6. The number of hydrogen-bond acceptors (Lipinski definition) is 5. The van der Waals surface area contributed by atoms with Crippen LogP contribution in [0, 0.1) is 5.92 Å². The van der Waals surface area contributed by atoms with Crippen LogP contribution in [0.4, 0.5) is 0 Å². The molecule has 0 fully saturated rings. The second-order valence-corrected chi connectivity index (χ2v) is 14.1. The minimum absolute atomic E-state index is 0.0204. The Hall–Kier alpha value is -1.10. The van der Waals surface area contributed by atoms with Gasteiger partial charge < -0.3 is 14.4 Å². The van der Waals surface area contributed by atoms with E-state index in [0.717, 1.165) is 70.8 Å². The third kappa shape index (κ3) is 31.3. The Kier molecular flexibility index (Phi) is 33.4. The van der Waals surface area contributed by atoms with E-state index in [2.05, 4.69) is 39.8 Å². The van der Waals surface area contributed by atoms with Crippen molar-refractivity contribution in [2.45, 2.75) is 213 Å². The molecular weight excluding hydrogens is 558 g/mol. The lowest BCUT2D eigenvalue weighted by molar-refractivity contribution is -0.162. The molecule has 1 atom stereocenters. The summed E-state index contributed by atoms with van der Waals surface area (Å²) in [6.45, 7) is 8.01. The molecule has 0 aromatic rings. The first kappa shape index (κ1) is 43.9. The van der Waals surface area contributed by atoms with Crippen molar-refractivity contribution < 1.29 is 19.1 Å². The summed E-state index contributed by atoms with van der Waals surface area (Å²) in [7, 11) is 4.17. The molecule has 5 nitrogen and oxygen atoms in total. The van der Waals surface area contributed by atoms with Gasteiger partial charge in [0.25, 0.3) is 0 Å². The Morgan fingerprint density at radius 3 is 1.36 bits per heavy atom. The Labute approximate surface area is 281 Å². The number of hydrogen-bond donors (Lipinski definition) is 0. The molecule has 0 aliphatic rings. The van der Waals surface area contributed by atoms with Gasteiger partial charge in [-0.3, -0.25) is 9.59 Å². The van der Waals surface area contributed by atoms with Gasteiger partial charge in [-0.2, -0.15) is 0 Å². The highest BCUT2D eigenvalue weighted by molar-refractivity contribution is 5.72. The van der Waals surface area contributed by atoms with E-state index in [0.29, 0.717) is 6.42 Å². The average Bonchev–Trinajstić information content (AvgIpc) is 3.02. The molecule has 0 aromatic carbocycles. The van der Waals surface area contributed by atoms with Crippen molar-refractivity contribution in [3.63, 3.8) is 0 Å². The molecule has 0 saturated heterocycles. The van der Waals surface area contributed by atoms with Crippen LogP contribution in [-0.4, -0.2) is 50.2 Å². The second-order valence-electron chi connectivity index (χ2n) is 14.1. The molecular formula is C40H79NO4. The maximum atomic E-state index is 13.3. The van der Waals surface area contributed by atoms with Gasteiger partial charge >= 0.3 is 11.9 Å². The van der Waals surface area contributed by atoms with Gasteiger partial charge in [0, 0.05) is 6.42 Å². The summed E-state index contributed by atoms with van der Waals surface area (Å²) in [5.74, 6) is -0.225. The number of carbonyl (C=O) groups excluding carboxylic acids is 2. The molecule has 268 valence electrons. The first-order valence-corrected chi connectivity index (χ1v) is 19.9. The van der Waals surface area contributed by atoms with Crippen LogP contribution in [0.25, 0.3) is 0 Å². The van der Waals surface area contributed by atoms with Crippen molar-refractivity contribution in [3.05, 3.63) is 0 Å². The summed E-state index contributed by atoms with van der Waals surface area (Å²) in [6, 6.07) is 0. The molecule has 0 bridgehead atoms. The first-order chi connectivity index (χ1) is 21.9. The van der Waals surface area contributed by atoms with Gasteiger partial charge in [0.05, 0.1) is 5.92 Å². The van der Waals surface area contributed by atoms with Crippen LogP contribution in [0.2, 0.25) is 0 Å². The molecule has 0 aliphatic carbocycles. The van der Waals surface area contributed by atoms with Crippen molar-refractivity contribution >= 4 is 11.9 Å². The van der Waals surface area contributed by atoms with Crippen molar-refractivity contribution in [1.82, 2.24) is 4.90 Å². The maximum absolute atomic E-state index is 13.3. The second kappa shape index (κ2) is 34.2. The van der Waals surface area contributed by atoms with Crippen LogP contribution in [0.5, 0.6) is 0 Å². The molecule has 0 radical (unpaired) electrons. The van der Waals surface area contributed by atoms with Gasteiger partial charge in [0.15, 0.2) is 0 Å². The largest absolute Gasteiger partial charge is 0.462 e. The van der Waals surface area contributed by atoms with Crippen molar-refractivity contribution in [2.24, 2.45) is 5.92 Å². The summed E-state index contributed by atoms with van der Waals surface area (Å²) in [5, 5.41) is 0. The van der Waals surface area contributed by atoms with Gasteiger partial charge in [0.2, 0.25) is 0 Å². The number of esters is 2. The highest BCUT2D eigenvalue weighted by Crippen LogP contribution is 2.22. The van der Waals surface area contributed by atoms with Gasteiger partial charge in [-0.05, 0) is 59.2 Å². The number of carbonyl (C=O) groups is 2. The van der Waals surface area contributed by atoms with Crippen LogP contribution < -0.4 is 0 Å². The van der Waals surface area contributed by atoms with E-state index in [1.807, 2.05) is 0 Å². The third-order valence-electron chi connectivity index (χ3n) is 9.22. The van der Waals surface area contributed by atoms with E-state index in [1.165, 1.54) is 116 Å². The molecule has 45 heavy (non-hydrogen) atoms. The Morgan fingerprint density at radius 1 is 0.511 bits per heavy atom. The molecule has 0 saturated carbocycles. The maximum Gasteiger partial charge on any atom is 0.309 e. The van der Waals surface area contributed by atoms with Gasteiger partial charge in [-0.15, -0.1) is 0 Å². The number of nitrogens with zero attached hydrogens (tertiary/aromatic N) is 1. The Morgan fingerprint density at radius 2 is 0.911 bits per heavy atom. The van der Waals surface area contributed by atoms with Crippen LogP contribution in [0.1, 0.15) is 207 Å². The predicted octanol–water partition coefficient (Wildman–Crippen LogP) is 12.0. The van der Waals surface area contributed by atoms with Gasteiger partial charge in [-0.1, -0.05) is 162 Å². The fraction of sp³-hybridized carbons (Fsp3) is 0.950. The lowest BCUT2D eigenvalue weighted by Crippen LogP contribution is -2.28. The van der Waals surface area contributed by atoms with E-state index < -0.39 is 0 Å². The lowest BCUT2D eigenvalue weighted by atomic mass is 9.94. The Balaban J connectivity index is 4.73. The highest BCUT2D eigenvalue weighted by Gasteiger charge is 2.22. The summed E-state index contributed by atoms with van der Waals surface area (Å²) in [4.78, 5) is 28.2. The SMILES string of the molecule is CCCCCCCCCCCCCCC(COC(=O)C(CCCCCCC)CCCCCCC)OC(=O)CCCCCN(C)C.